The first kappa shape index (κ1) is 13.7. The van der Waals surface area contributed by atoms with Crippen LogP contribution in [0.15, 0.2) is 31.4 Å². The van der Waals surface area contributed by atoms with Gasteiger partial charge in [-0.3, -0.25) is 0 Å². The van der Waals surface area contributed by atoms with Crippen molar-refractivity contribution in [2.75, 3.05) is 0 Å². The fourth-order valence-electron chi connectivity index (χ4n) is 1.48. The Morgan fingerprint density at radius 2 is 2.29 bits per heavy atom. The first-order valence-electron chi connectivity index (χ1n) is 4.95. The number of imidazole rings is 1. The Kier molecular flexibility index (Phi) is 7.84. The maximum Gasteiger partial charge on any atom is 0.0945 e. The zero-order chi connectivity index (χ0) is 9.52. The van der Waals surface area contributed by atoms with E-state index in [0.29, 0.717) is 5.92 Å². The maximum absolute atomic E-state index is 4.01. The van der Waals surface area contributed by atoms with Crippen LogP contribution in [0.25, 0.3) is 0 Å². The van der Waals surface area contributed by atoms with E-state index in [1.165, 1.54) is 19.3 Å². The molecule has 0 amide bonds. The molecule has 0 aliphatic rings. The summed E-state index contributed by atoms with van der Waals surface area (Å²) in [5.74, 6) is 0.660. The van der Waals surface area contributed by atoms with Crippen LogP contribution in [0.5, 0.6) is 0 Å². The average Bonchev–Trinajstić information content (AvgIpc) is 2.64. The predicted molar refractivity (Wildman–Crippen MR) is 70.9 cm³/mol. The topological polar surface area (TPSA) is 17.8 Å². The molecule has 0 radical (unpaired) electrons. The van der Waals surface area contributed by atoms with Crippen LogP contribution in [0.3, 0.4) is 0 Å². The van der Waals surface area contributed by atoms with Crippen LogP contribution in [0, 0.1) is 5.92 Å². The van der Waals surface area contributed by atoms with Gasteiger partial charge in [-0.15, -0.1) is 30.6 Å². The van der Waals surface area contributed by atoms with Gasteiger partial charge in [0, 0.05) is 18.9 Å². The second-order valence-electron chi connectivity index (χ2n) is 3.37. The molecule has 0 N–H and O–H groups in total. The highest BCUT2D eigenvalue weighted by Crippen LogP contribution is 2.12. The fraction of sp³-hybridized carbons (Fsp3) is 0.545. The average molecular weight is 306 g/mol. The van der Waals surface area contributed by atoms with Crippen molar-refractivity contribution in [1.29, 1.82) is 0 Å². The van der Waals surface area contributed by atoms with E-state index in [1.807, 2.05) is 18.7 Å². The monoisotopic (exact) mass is 306 g/mol. The molecule has 1 aromatic heterocycles. The van der Waals surface area contributed by atoms with Gasteiger partial charge in [-0.25, -0.2) is 4.98 Å². The van der Waals surface area contributed by atoms with E-state index >= 15 is 0 Å². The molecule has 1 aromatic rings. The van der Waals surface area contributed by atoms with E-state index in [2.05, 4.69) is 29.1 Å². The van der Waals surface area contributed by atoms with Gasteiger partial charge in [-0.2, -0.15) is 0 Å². The van der Waals surface area contributed by atoms with Gasteiger partial charge in [-0.05, 0) is 18.8 Å². The van der Waals surface area contributed by atoms with Gasteiger partial charge in [0.2, 0.25) is 0 Å². The quantitative estimate of drug-likeness (QED) is 0.581. The zero-order valence-electron chi connectivity index (χ0n) is 8.72. The third-order valence-electron chi connectivity index (χ3n) is 2.31. The molecule has 0 aliphatic heterocycles. The van der Waals surface area contributed by atoms with Crippen LogP contribution < -0.4 is 0 Å². The smallest absolute Gasteiger partial charge is 0.0945 e. The van der Waals surface area contributed by atoms with E-state index in [0.717, 1.165) is 6.54 Å². The molecule has 0 saturated carbocycles. The lowest BCUT2D eigenvalue weighted by atomic mass is 10.0. The maximum atomic E-state index is 4.01. The number of aromatic nitrogens is 2. The van der Waals surface area contributed by atoms with E-state index in [1.54, 1.807) is 0 Å². The van der Waals surface area contributed by atoms with E-state index in [-0.39, 0.29) is 24.0 Å². The van der Waals surface area contributed by atoms with Crippen molar-refractivity contribution in [2.24, 2.45) is 5.92 Å². The molecule has 2 nitrogen and oxygen atoms in total. The number of hydrogen-bond donors (Lipinski definition) is 0. The van der Waals surface area contributed by atoms with Crippen LogP contribution in [-0.2, 0) is 6.54 Å². The van der Waals surface area contributed by atoms with E-state index in [4.69, 9.17) is 0 Å². The lowest BCUT2D eigenvalue weighted by molar-refractivity contribution is 0.488. The van der Waals surface area contributed by atoms with Crippen molar-refractivity contribution in [3.05, 3.63) is 31.4 Å². The van der Waals surface area contributed by atoms with Gasteiger partial charge in [-0.1, -0.05) is 19.4 Å². The highest BCUT2D eigenvalue weighted by molar-refractivity contribution is 14.0. The molecule has 1 unspecified atom stereocenters. The van der Waals surface area contributed by atoms with Crippen LogP contribution in [-0.4, -0.2) is 9.55 Å². The number of hydrogen-bond acceptors (Lipinski definition) is 1. The Bertz CT molecular complexity index is 231. The van der Waals surface area contributed by atoms with Crippen molar-refractivity contribution in [2.45, 2.75) is 32.7 Å². The number of allylic oxidation sites excluding steroid dienone is 1. The SMILES string of the molecule is C=CC(CCC)CCn1ccnc1.I. The summed E-state index contributed by atoms with van der Waals surface area (Å²) in [5.41, 5.74) is 0. The summed E-state index contributed by atoms with van der Waals surface area (Å²) in [4.78, 5) is 4.01. The van der Waals surface area contributed by atoms with Crippen LogP contribution in [0.4, 0.5) is 0 Å². The molecule has 1 atom stereocenters. The van der Waals surface area contributed by atoms with Crippen molar-refractivity contribution in [1.82, 2.24) is 9.55 Å². The molecule has 1 rings (SSSR count). The number of halogens is 1. The van der Waals surface area contributed by atoms with Gasteiger partial charge in [0.15, 0.2) is 0 Å². The summed E-state index contributed by atoms with van der Waals surface area (Å²) >= 11 is 0. The van der Waals surface area contributed by atoms with Crippen molar-refractivity contribution >= 4 is 24.0 Å². The Morgan fingerprint density at radius 1 is 1.50 bits per heavy atom. The molecule has 0 spiro atoms. The van der Waals surface area contributed by atoms with Gasteiger partial charge < -0.3 is 4.57 Å². The van der Waals surface area contributed by atoms with Gasteiger partial charge in [0.1, 0.15) is 0 Å². The Balaban J connectivity index is 0.00000169. The minimum absolute atomic E-state index is 0. The molecule has 0 aliphatic carbocycles. The zero-order valence-corrected chi connectivity index (χ0v) is 11.1. The fourth-order valence-corrected chi connectivity index (χ4v) is 1.48. The first-order valence-corrected chi connectivity index (χ1v) is 4.95. The minimum atomic E-state index is 0. The first-order chi connectivity index (χ1) is 6.36. The predicted octanol–water partition coefficient (Wildman–Crippen LogP) is 3.49. The Labute approximate surface area is 103 Å². The van der Waals surface area contributed by atoms with Crippen LogP contribution in [0.2, 0.25) is 0 Å². The molecule has 3 heteroatoms. The van der Waals surface area contributed by atoms with Gasteiger partial charge >= 0.3 is 0 Å². The Hall–Kier alpha value is -0.320. The van der Waals surface area contributed by atoms with Gasteiger partial charge in [0.25, 0.3) is 0 Å². The molecule has 0 fully saturated rings. The van der Waals surface area contributed by atoms with Crippen molar-refractivity contribution in [3.63, 3.8) is 0 Å². The lowest BCUT2D eigenvalue weighted by Crippen LogP contribution is -2.02. The van der Waals surface area contributed by atoms with Crippen LogP contribution in [0.1, 0.15) is 26.2 Å². The second kappa shape index (κ2) is 8.03. The van der Waals surface area contributed by atoms with E-state index in [9.17, 15) is 0 Å². The molecule has 1 heterocycles. The highest BCUT2D eigenvalue weighted by atomic mass is 127. The van der Waals surface area contributed by atoms with Crippen molar-refractivity contribution in [3.8, 4) is 0 Å². The summed E-state index contributed by atoms with van der Waals surface area (Å²) in [6, 6.07) is 0. The standard InChI is InChI=1S/C11H18N2.HI/c1-3-5-11(4-2)6-8-13-9-7-12-10-13;/h4,7,9-11H,2-3,5-6,8H2,1H3;1H. The summed E-state index contributed by atoms with van der Waals surface area (Å²) in [5, 5.41) is 0. The molecule has 80 valence electrons. The second-order valence-corrected chi connectivity index (χ2v) is 3.37. The molecule has 0 bridgehead atoms. The summed E-state index contributed by atoms with van der Waals surface area (Å²) < 4.78 is 2.12. The molecular formula is C11H19IN2. The lowest BCUT2D eigenvalue weighted by Gasteiger charge is -2.10. The molecule has 14 heavy (non-hydrogen) atoms. The molecular weight excluding hydrogens is 287 g/mol. The third kappa shape index (κ3) is 4.79. The van der Waals surface area contributed by atoms with Crippen LogP contribution >= 0.6 is 24.0 Å². The molecule has 0 aromatic carbocycles. The third-order valence-corrected chi connectivity index (χ3v) is 2.31. The largest absolute Gasteiger partial charge is 0.337 e. The Morgan fingerprint density at radius 3 is 2.79 bits per heavy atom. The number of aryl methyl sites for hydroxylation is 1. The normalized spacial score (nSPS) is 11.8. The van der Waals surface area contributed by atoms with Crippen molar-refractivity contribution < 1.29 is 0 Å². The number of rotatable bonds is 6. The van der Waals surface area contributed by atoms with Gasteiger partial charge in [0.05, 0.1) is 6.33 Å². The summed E-state index contributed by atoms with van der Waals surface area (Å²) in [6.07, 6.45) is 11.4. The number of nitrogens with zero attached hydrogens (tertiary/aromatic N) is 2. The minimum Gasteiger partial charge on any atom is -0.337 e. The molecule has 0 saturated heterocycles. The highest BCUT2D eigenvalue weighted by Gasteiger charge is 2.02. The summed E-state index contributed by atoms with van der Waals surface area (Å²) in [6.45, 7) is 7.12. The van der Waals surface area contributed by atoms with E-state index < -0.39 is 0 Å². The summed E-state index contributed by atoms with van der Waals surface area (Å²) in [7, 11) is 0.